The smallest absolute Gasteiger partial charge is 0.260 e. The predicted molar refractivity (Wildman–Crippen MR) is 75.9 cm³/mol. The van der Waals surface area contributed by atoms with E-state index in [2.05, 4.69) is 13.8 Å². The Morgan fingerprint density at radius 2 is 2.11 bits per heavy atom. The minimum Gasteiger partial charge on any atom is -0.482 e. The Balaban J connectivity index is 1.92. The molecule has 1 amide bonds. The van der Waals surface area contributed by atoms with E-state index in [0.717, 1.165) is 13.0 Å². The second-order valence-electron chi connectivity index (χ2n) is 5.40. The van der Waals surface area contributed by atoms with E-state index >= 15 is 0 Å². The lowest BCUT2D eigenvalue weighted by Gasteiger charge is -2.36. The molecule has 4 heteroatoms. The largest absolute Gasteiger partial charge is 0.482 e. The molecule has 2 rings (SSSR count). The average Bonchev–Trinajstić information content (AvgIpc) is 2.40. The fourth-order valence-electron chi connectivity index (χ4n) is 2.47. The van der Waals surface area contributed by atoms with E-state index in [1.807, 2.05) is 17.0 Å². The highest BCUT2D eigenvalue weighted by Gasteiger charge is 2.26. The van der Waals surface area contributed by atoms with Crippen molar-refractivity contribution in [2.45, 2.75) is 32.7 Å². The van der Waals surface area contributed by atoms with Crippen molar-refractivity contribution in [1.82, 2.24) is 4.90 Å². The maximum absolute atomic E-state index is 12.2. The van der Waals surface area contributed by atoms with E-state index in [9.17, 15) is 4.79 Å². The lowest BCUT2D eigenvalue weighted by Crippen LogP contribution is -2.46. The lowest BCUT2D eigenvalue weighted by molar-refractivity contribution is -0.137. The van der Waals surface area contributed by atoms with Crippen LogP contribution in [-0.2, 0) is 4.79 Å². The van der Waals surface area contributed by atoms with Crippen LogP contribution in [0.5, 0.6) is 5.75 Å². The van der Waals surface area contributed by atoms with Crippen LogP contribution in [0.25, 0.3) is 0 Å². The Hall–Kier alpha value is -1.71. The molecule has 1 aromatic rings. The van der Waals surface area contributed by atoms with E-state index in [-0.39, 0.29) is 12.5 Å². The van der Waals surface area contributed by atoms with Crippen LogP contribution in [0, 0.1) is 5.92 Å². The Labute approximate surface area is 114 Å². The summed E-state index contributed by atoms with van der Waals surface area (Å²) in [6.07, 6.45) is 2.26. The third-order valence-corrected chi connectivity index (χ3v) is 3.71. The van der Waals surface area contributed by atoms with Gasteiger partial charge in [-0.25, -0.2) is 0 Å². The van der Waals surface area contributed by atoms with Gasteiger partial charge in [0.15, 0.2) is 6.61 Å². The summed E-state index contributed by atoms with van der Waals surface area (Å²) in [7, 11) is 0. The van der Waals surface area contributed by atoms with Gasteiger partial charge < -0.3 is 15.4 Å². The number of carbonyl (C=O) groups excluding carboxylic acids is 1. The van der Waals surface area contributed by atoms with Gasteiger partial charge in [-0.15, -0.1) is 0 Å². The average molecular weight is 262 g/mol. The SMILES string of the molecule is CC1CCC(C)N(C(=O)COc2ccccc2N)C1. The van der Waals surface area contributed by atoms with Gasteiger partial charge in [0.2, 0.25) is 0 Å². The molecule has 104 valence electrons. The van der Waals surface area contributed by atoms with E-state index in [1.165, 1.54) is 6.42 Å². The van der Waals surface area contributed by atoms with Crippen LogP contribution in [0.3, 0.4) is 0 Å². The quantitative estimate of drug-likeness (QED) is 0.850. The highest BCUT2D eigenvalue weighted by Crippen LogP contribution is 2.23. The standard InChI is InChI=1S/C15H22N2O2/c1-11-7-8-12(2)17(9-11)15(18)10-19-14-6-4-3-5-13(14)16/h3-6,11-12H,7-10,16H2,1-2H3. The van der Waals surface area contributed by atoms with Gasteiger partial charge in [0.1, 0.15) is 5.75 Å². The lowest BCUT2D eigenvalue weighted by atomic mass is 9.95. The van der Waals surface area contributed by atoms with Gasteiger partial charge in [-0.05, 0) is 37.8 Å². The van der Waals surface area contributed by atoms with Crippen LogP contribution in [0.1, 0.15) is 26.7 Å². The second-order valence-corrected chi connectivity index (χ2v) is 5.40. The molecular formula is C15H22N2O2. The maximum atomic E-state index is 12.2. The van der Waals surface area contributed by atoms with Crippen molar-refractivity contribution in [2.24, 2.45) is 5.92 Å². The molecule has 1 aliphatic heterocycles. The molecule has 1 aromatic carbocycles. The van der Waals surface area contributed by atoms with Gasteiger partial charge in [-0.2, -0.15) is 0 Å². The molecule has 0 aliphatic carbocycles. The molecule has 19 heavy (non-hydrogen) atoms. The monoisotopic (exact) mass is 262 g/mol. The zero-order valence-electron chi connectivity index (χ0n) is 11.6. The molecule has 0 saturated carbocycles. The first-order valence-corrected chi connectivity index (χ1v) is 6.84. The first-order valence-electron chi connectivity index (χ1n) is 6.84. The minimum absolute atomic E-state index is 0.0438. The molecule has 0 radical (unpaired) electrons. The number of hydrogen-bond acceptors (Lipinski definition) is 3. The Bertz CT molecular complexity index is 448. The van der Waals surface area contributed by atoms with Crippen molar-refractivity contribution in [3.05, 3.63) is 24.3 Å². The number of nitrogens with two attached hydrogens (primary N) is 1. The molecule has 2 atom stereocenters. The van der Waals surface area contributed by atoms with Crippen LogP contribution in [0.4, 0.5) is 5.69 Å². The number of nitrogen functional groups attached to an aromatic ring is 1. The fourth-order valence-corrected chi connectivity index (χ4v) is 2.47. The van der Waals surface area contributed by atoms with Gasteiger partial charge in [0, 0.05) is 12.6 Å². The van der Waals surface area contributed by atoms with Gasteiger partial charge in [-0.1, -0.05) is 19.1 Å². The normalized spacial score (nSPS) is 23.2. The Morgan fingerprint density at radius 3 is 2.84 bits per heavy atom. The van der Waals surface area contributed by atoms with Crippen LogP contribution in [-0.4, -0.2) is 30.0 Å². The summed E-state index contributed by atoms with van der Waals surface area (Å²) in [5.41, 5.74) is 6.35. The summed E-state index contributed by atoms with van der Waals surface area (Å²) < 4.78 is 5.52. The van der Waals surface area contributed by atoms with Gasteiger partial charge >= 0.3 is 0 Å². The molecule has 0 spiro atoms. The number of nitrogens with zero attached hydrogens (tertiary/aromatic N) is 1. The summed E-state index contributed by atoms with van der Waals surface area (Å²) in [6, 6.07) is 7.55. The van der Waals surface area contributed by atoms with Crippen molar-refractivity contribution in [3.8, 4) is 5.75 Å². The number of rotatable bonds is 3. The number of amides is 1. The number of benzene rings is 1. The van der Waals surface area contributed by atoms with Crippen molar-refractivity contribution < 1.29 is 9.53 Å². The number of anilines is 1. The zero-order chi connectivity index (χ0) is 13.8. The fraction of sp³-hybridized carbons (Fsp3) is 0.533. The molecular weight excluding hydrogens is 240 g/mol. The van der Waals surface area contributed by atoms with Gasteiger partial charge in [0.25, 0.3) is 5.91 Å². The van der Waals surface area contributed by atoms with Crippen molar-refractivity contribution in [2.75, 3.05) is 18.9 Å². The van der Waals surface area contributed by atoms with Crippen molar-refractivity contribution in [1.29, 1.82) is 0 Å². The summed E-state index contributed by atoms with van der Waals surface area (Å²) in [6.45, 7) is 5.17. The molecule has 1 aliphatic rings. The first-order chi connectivity index (χ1) is 9.08. The van der Waals surface area contributed by atoms with Crippen LogP contribution in [0.2, 0.25) is 0 Å². The predicted octanol–water partition coefficient (Wildman–Crippen LogP) is 2.29. The molecule has 2 N–H and O–H groups in total. The molecule has 1 heterocycles. The number of likely N-dealkylation sites (tertiary alicyclic amines) is 1. The van der Waals surface area contributed by atoms with Crippen molar-refractivity contribution >= 4 is 11.6 Å². The third-order valence-electron chi connectivity index (χ3n) is 3.71. The number of hydrogen-bond donors (Lipinski definition) is 1. The van der Waals surface area contributed by atoms with Gasteiger partial charge in [0.05, 0.1) is 5.69 Å². The van der Waals surface area contributed by atoms with Crippen molar-refractivity contribution in [3.63, 3.8) is 0 Å². The number of piperidine rings is 1. The highest BCUT2D eigenvalue weighted by molar-refractivity contribution is 5.78. The molecule has 0 aromatic heterocycles. The first kappa shape index (κ1) is 13.7. The molecule has 4 nitrogen and oxygen atoms in total. The maximum Gasteiger partial charge on any atom is 0.260 e. The topological polar surface area (TPSA) is 55.6 Å². The molecule has 2 unspecified atom stereocenters. The number of para-hydroxylation sites is 2. The zero-order valence-corrected chi connectivity index (χ0v) is 11.6. The number of carbonyl (C=O) groups is 1. The third kappa shape index (κ3) is 3.40. The molecule has 0 bridgehead atoms. The summed E-state index contributed by atoms with van der Waals surface area (Å²) in [4.78, 5) is 14.1. The summed E-state index contributed by atoms with van der Waals surface area (Å²) >= 11 is 0. The number of ether oxygens (including phenoxy) is 1. The van der Waals surface area contributed by atoms with E-state index in [1.54, 1.807) is 12.1 Å². The summed E-state index contributed by atoms with van der Waals surface area (Å²) in [5.74, 6) is 1.19. The van der Waals surface area contributed by atoms with Crippen LogP contribution < -0.4 is 10.5 Å². The minimum atomic E-state index is 0.0438. The summed E-state index contributed by atoms with van der Waals surface area (Å²) in [5, 5.41) is 0. The molecule has 1 saturated heterocycles. The second kappa shape index (κ2) is 5.95. The molecule has 1 fully saturated rings. The van der Waals surface area contributed by atoms with E-state index in [4.69, 9.17) is 10.5 Å². The van der Waals surface area contributed by atoms with Crippen LogP contribution in [0.15, 0.2) is 24.3 Å². The Morgan fingerprint density at radius 1 is 1.37 bits per heavy atom. The highest BCUT2D eigenvalue weighted by atomic mass is 16.5. The van der Waals surface area contributed by atoms with E-state index in [0.29, 0.717) is 23.4 Å². The van der Waals surface area contributed by atoms with Gasteiger partial charge in [-0.3, -0.25) is 4.79 Å². The Kier molecular flexibility index (Phi) is 4.30. The van der Waals surface area contributed by atoms with Crippen LogP contribution >= 0.6 is 0 Å². The van der Waals surface area contributed by atoms with E-state index < -0.39 is 0 Å².